The summed E-state index contributed by atoms with van der Waals surface area (Å²) in [5, 5.41) is 13.7. The molecule has 1 aromatic heterocycles. The van der Waals surface area contributed by atoms with E-state index in [4.69, 9.17) is 16.3 Å². The molecule has 8 heteroatoms. The van der Waals surface area contributed by atoms with Crippen LogP contribution in [0.2, 0.25) is 5.02 Å². The van der Waals surface area contributed by atoms with Crippen LogP contribution in [0.5, 0.6) is 5.75 Å². The van der Waals surface area contributed by atoms with Crippen LogP contribution in [0, 0.1) is 6.92 Å². The molecule has 4 rings (SSSR count). The fraction of sp³-hybridized carbons (Fsp3) is 0.207. The van der Waals surface area contributed by atoms with Gasteiger partial charge in [-0.05, 0) is 48.7 Å². The summed E-state index contributed by atoms with van der Waals surface area (Å²) >= 11 is 6.21. The maximum atomic E-state index is 13.2. The Morgan fingerprint density at radius 2 is 1.73 bits per heavy atom. The Morgan fingerprint density at radius 3 is 2.35 bits per heavy atom. The van der Waals surface area contributed by atoms with Gasteiger partial charge in [-0.1, -0.05) is 60.1 Å². The van der Waals surface area contributed by atoms with Gasteiger partial charge in [0.25, 0.3) is 11.5 Å². The van der Waals surface area contributed by atoms with Crippen LogP contribution in [0.15, 0.2) is 71.5 Å². The number of hydrogen-bond acceptors (Lipinski definition) is 4. The average molecular weight is 519 g/mol. The lowest BCUT2D eigenvalue weighted by molar-refractivity contribution is -0.143. The van der Waals surface area contributed by atoms with Gasteiger partial charge in [-0.2, -0.15) is 0 Å². The number of nitrogens with zero attached hydrogens (tertiary/aromatic N) is 1. The summed E-state index contributed by atoms with van der Waals surface area (Å²) in [4.78, 5) is 38.4. The van der Waals surface area contributed by atoms with E-state index in [-0.39, 0.29) is 22.6 Å². The molecule has 0 aliphatic carbocycles. The lowest BCUT2D eigenvalue weighted by Crippen LogP contribution is -2.54. The van der Waals surface area contributed by atoms with Crippen LogP contribution >= 0.6 is 11.6 Å². The third-order valence-corrected chi connectivity index (χ3v) is 6.89. The van der Waals surface area contributed by atoms with E-state index in [9.17, 15) is 19.5 Å². The van der Waals surface area contributed by atoms with Gasteiger partial charge in [-0.25, -0.2) is 4.79 Å². The number of rotatable bonds is 7. The Labute approximate surface area is 219 Å². The zero-order chi connectivity index (χ0) is 26.9. The SMILES string of the molecule is COc1c(-c2ccc(C[C@](C)(NC(=O)c3c(C)cccc3Cl)C(=O)O)cc2)c(=O)n(C)c2ccccc12. The van der Waals surface area contributed by atoms with Gasteiger partial charge in [-0.15, -0.1) is 0 Å². The van der Waals surface area contributed by atoms with Crippen molar-refractivity contribution in [3.8, 4) is 16.9 Å². The molecule has 190 valence electrons. The van der Waals surface area contributed by atoms with Crippen LogP contribution in [-0.4, -0.2) is 34.2 Å². The number of aliphatic carboxylic acids is 1. The number of aryl methyl sites for hydroxylation is 2. The van der Waals surface area contributed by atoms with Crippen molar-refractivity contribution in [2.75, 3.05) is 7.11 Å². The number of pyridine rings is 1. The van der Waals surface area contributed by atoms with Gasteiger partial charge < -0.3 is 19.7 Å². The minimum absolute atomic E-state index is 0.0186. The number of para-hydroxylation sites is 1. The van der Waals surface area contributed by atoms with Crippen molar-refractivity contribution in [1.29, 1.82) is 0 Å². The van der Waals surface area contributed by atoms with E-state index >= 15 is 0 Å². The van der Waals surface area contributed by atoms with Crippen LogP contribution in [0.1, 0.15) is 28.4 Å². The number of fused-ring (bicyclic) bond motifs is 1. The summed E-state index contributed by atoms with van der Waals surface area (Å²) in [6.07, 6.45) is 0.0186. The second-order valence-electron chi connectivity index (χ2n) is 9.19. The number of benzene rings is 3. The first kappa shape index (κ1) is 26.0. The first-order valence-electron chi connectivity index (χ1n) is 11.6. The second kappa shape index (κ2) is 10.1. The highest BCUT2D eigenvalue weighted by atomic mass is 35.5. The van der Waals surface area contributed by atoms with E-state index in [2.05, 4.69) is 5.32 Å². The highest BCUT2D eigenvalue weighted by Gasteiger charge is 2.36. The molecule has 4 aromatic rings. The maximum Gasteiger partial charge on any atom is 0.329 e. The van der Waals surface area contributed by atoms with Crippen molar-refractivity contribution in [1.82, 2.24) is 9.88 Å². The molecule has 0 spiro atoms. The number of hydrogen-bond donors (Lipinski definition) is 2. The van der Waals surface area contributed by atoms with Gasteiger partial charge >= 0.3 is 5.97 Å². The number of carbonyl (C=O) groups is 2. The fourth-order valence-corrected chi connectivity index (χ4v) is 4.84. The summed E-state index contributed by atoms with van der Waals surface area (Å²) in [6, 6.07) is 19.6. The number of amides is 1. The maximum absolute atomic E-state index is 13.2. The molecule has 0 saturated heterocycles. The molecule has 0 saturated carbocycles. The van der Waals surface area contributed by atoms with Crippen molar-refractivity contribution in [2.45, 2.75) is 25.8 Å². The van der Waals surface area contributed by atoms with Gasteiger partial charge in [-0.3, -0.25) is 9.59 Å². The predicted octanol–water partition coefficient (Wildman–Crippen LogP) is 4.99. The molecule has 7 nitrogen and oxygen atoms in total. The number of carbonyl (C=O) groups excluding carboxylic acids is 1. The monoisotopic (exact) mass is 518 g/mol. The van der Waals surface area contributed by atoms with Crippen molar-refractivity contribution in [2.24, 2.45) is 7.05 Å². The van der Waals surface area contributed by atoms with Gasteiger partial charge in [0.05, 0.1) is 28.8 Å². The van der Waals surface area contributed by atoms with Crippen LogP contribution in [0.3, 0.4) is 0 Å². The number of carboxylic acids is 1. The van der Waals surface area contributed by atoms with Gasteiger partial charge in [0.1, 0.15) is 11.3 Å². The summed E-state index contributed by atoms with van der Waals surface area (Å²) in [5.41, 5.74) is 1.56. The van der Waals surface area contributed by atoms with Crippen molar-refractivity contribution >= 4 is 34.4 Å². The van der Waals surface area contributed by atoms with Crippen molar-refractivity contribution in [3.05, 3.63) is 98.8 Å². The van der Waals surface area contributed by atoms with Gasteiger partial charge in [0.15, 0.2) is 0 Å². The molecule has 0 bridgehead atoms. The lowest BCUT2D eigenvalue weighted by atomic mass is 9.91. The molecule has 2 N–H and O–H groups in total. The Morgan fingerprint density at radius 1 is 1.05 bits per heavy atom. The van der Waals surface area contributed by atoms with Crippen LogP contribution in [-0.2, 0) is 18.3 Å². The minimum Gasteiger partial charge on any atom is -0.495 e. The molecule has 37 heavy (non-hydrogen) atoms. The number of nitrogens with one attached hydrogen (secondary N) is 1. The van der Waals surface area contributed by atoms with Crippen LogP contribution in [0.25, 0.3) is 22.0 Å². The van der Waals surface area contributed by atoms with E-state index in [1.807, 2.05) is 24.3 Å². The molecule has 0 unspecified atom stereocenters. The number of aromatic nitrogens is 1. The molecule has 0 aliphatic heterocycles. The number of methoxy groups -OCH3 is 1. The molecule has 0 radical (unpaired) electrons. The van der Waals surface area contributed by atoms with Gasteiger partial charge in [0, 0.05) is 18.9 Å². The first-order valence-corrected chi connectivity index (χ1v) is 12.0. The molecule has 1 heterocycles. The summed E-state index contributed by atoms with van der Waals surface area (Å²) in [7, 11) is 3.24. The minimum atomic E-state index is -1.60. The fourth-order valence-electron chi connectivity index (χ4n) is 4.54. The molecule has 1 amide bonds. The molecule has 1 atom stereocenters. The van der Waals surface area contributed by atoms with E-state index < -0.39 is 17.4 Å². The molecule has 0 fully saturated rings. The summed E-state index contributed by atoms with van der Waals surface area (Å²) in [6.45, 7) is 3.19. The van der Waals surface area contributed by atoms with E-state index in [1.165, 1.54) is 14.0 Å². The standard InChI is InChI=1S/C29H27ClN2O5/c1-17-8-7-10-21(30)23(17)26(33)31-29(2,28(35)36)16-18-12-14-19(15-13-18)24-25(37-4)20-9-5-6-11-22(20)32(3)27(24)34/h5-15H,16H2,1-4H3,(H,31,33)(H,35,36)/t29-/m0/s1. The first-order chi connectivity index (χ1) is 17.6. The van der Waals surface area contributed by atoms with E-state index in [0.29, 0.717) is 28.0 Å². The van der Waals surface area contributed by atoms with Crippen LogP contribution < -0.4 is 15.6 Å². The number of halogens is 1. The molecular formula is C29H27ClN2O5. The third kappa shape index (κ3) is 4.82. The van der Waals surface area contributed by atoms with Gasteiger partial charge in [0.2, 0.25) is 0 Å². The Hall–Kier alpha value is -4.10. The largest absolute Gasteiger partial charge is 0.495 e. The molecular weight excluding hydrogens is 492 g/mol. The summed E-state index contributed by atoms with van der Waals surface area (Å²) < 4.78 is 7.23. The topological polar surface area (TPSA) is 97.6 Å². The Kier molecular flexibility index (Phi) is 7.09. The van der Waals surface area contributed by atoms with Crippen molar-refractivity contribution in [3.63, 3.8) is 0 Å². The highest BCUT2D eigenvalue weighted by molar-refractivity contribution is 6.34. The van der Waals surface area contributed by atoms with E-state index in [1.54, 1.807) is 61.0 Å². The van der Waals surface area contributed by atoms with Crippen LogP contribution in [0.4, 0.5) is 0 Å². The molecule has 0 aliphatic rings. The Balaban J connectivity index is 1.67. The smallest absolute Gasteiger partial charge is 0.329 e. The summed E-state index contributed by atoms with van der Waals surface area (Å²) in [5.74, 6) is -1.27. The predicted molar refractivity (Wildman–Crippen MR) is 145 cm³/mol. The zero-order valence-corrected chi connectivity index (χ0v) is 21.7. The number of ether oxygens (including phenoxy) is 1. The molecule has 3 aromatic carbocycles. The number of carboxylic acid groups (broad SMARTS) is 1. The quantitative estimate of drug-likeness (QED) is 0.359. The van der Waals surface area contributed by atoms with Crippen molar-refractivity contribution < 1.29 is 19.4 Å². The highest BCUT2D eigenvalue weighted by Crippen LogP contribution is 2.34. The second-order valence-corrected chi connectivity index (χ2v) is 9.59. The average Bonchev–Trinajstić information content (AvgIpc) is 2.86. The Bertz CT molecular complexity index is 1560. The normalized spacial score (nSPS) is 12.7. The third-order valence-electron chi connectivity index (χ3n) is 6.57. The lowest BCUT2D eigenvalue weighted by Gasteiger charge is -2.27. The van der Waals surface area contributed by atoms with E-state index in [0.717, 1.165) is 10.9 Å². The zero-order valence-electron chi connectivity index (χ0n) is 21.0.